The molecule has 2 aromatic carbocycles. The normalized spacial score (nSPS) is 22.2. The SMILES string of the molecule is COc1ccc(OCCN2CNC3CNC(C#N)CC3C2=O)c(-c2cccc(C(=O)O)c2)c1. The molecule has 0 aliphatic carbocycles. The Morgan fingerprint density at radius 1 is 1.27 bits per heavy atom. The number of amides is 1. The Morgan fingerprint density at radius 2 is 2.12 bits per heavy atom. The van der Waals surface area contributed by atoms with Gasteiger partial charge in [0.15, 0.2) is 0 Å². The van der Waals surface area contributed by atoms with Gasteiger partial charge in [-0.25, -0.2) is 4.79 Å². The Labute approximate surface area is 191 Å². The molecule has 33 heavy (non-hydrogen) atoms. The zero-order valence-electron chi connectivity index (χ0n) is 18.3. The van der Waals surface area contributed by atoms with Crippen molar-refractivity contribution in [1.82, 2.24) is 15.5 Å². The molecule has 9 heteroatoms. The highest BCUT2D eigenvalue weighted by Crippen LogP contribution is 2.34. The van der Waals surface area contributed by atoms with E-state index in [1.807, 2.05) is 6.07 Å². The lowest BCUT2D eigenvalue weighted by atomic mass is 9.86. The summed E-state index contributed by atoms with van der Waals surface area (Å²) >= 11 is 0. The lowest BCUT2D eigenvalue weighted by Gasteiger charge is -2.42. The van der Waals surface area contributed by atoms with E-state index in [2.05, 4.69) is 16.7 Å². The van der Waals surface area contributed by atoms with Crippen LogP contribution >= 0.6 is 0 Å². The van der Waals surface area contributed by atoms with Crippen LogP contribution in [0.15, 0.2) is 42.5 Å². The molecular weight excluding hydrogens is 424 g/mol. The molecule has 2 saturated heterocycles. The van der Waals surface area contributed by atoms with E-state index in [4.69, 9.17) is 9.47 Å². The van der Waals surface area contributed by atoms with Gasteiger partial charge in [-0.1, -0.05) is 12.1 Å². The number of nitrogens with zero attached hydrogens (tertiary/aromatic N) is 2. The summed E-state index contributed by atoms with van der Waals surface area (Å²) in [7, 11) is 1.56. The first kappa shape index (κ1) is 22.6. The van der Waals surface area contributed by atoms with E-state index in [-0.39, 0.29) is 36.1 Å². The molecule has 0 saturated carbocycles. The van der Waals surface area contributed by atoms with Gasteiger partial charge in [0.25, 0.3) is 0 Å². The maximum atomic E-state index is 13.0. The van der Waals surface area contributed by atoms with E-state index in [1.54, 1.807) is 42.3 Å². The molecule has 2 aliphatic rings. The number of nitrogens with one attached hydrogen (secondary N) is 2. The van der Waals surface area contributed by atoms with Gasteiger partial charge in [-0.05, 0) is 42.3 Å². The molecule has 1 amide bonds. The van der Waals surface area contributed by atoms with Crippen molar-refractivity contribution >= 4 is 11.9 Å². The number of methoxy groups -OCH3 is 1. The predicted molar refractivity (Wildman–Crippen MR) is 120 cm³/mol. The van der Waals surface area contributed by atoms with Crippen LogP contribution in [0.5, 0.6) is 11.5 Å². The van der Waals surface area contributed by atoms with E-state index in [0.717, 1.165) is 0 Å². The molecule has 3 N–H and O–H groups in total. The zero-order valence-corrected chi connectivity index (χ0v) is 18.3. The first-order valence-corrected chi connectivity index (χ1v) is 10.8. The number of benzene rings is 2. The molecule has 0 aromatic heterocycles. The highest BCUT2D eigenvalue weighted by molar-refractivity contribution is 5.90. The summed E-state index contributed by atoms with van der Waals surface area (Å²) in [5.74, 6) is -0.00104. The number of carboxylic acid groups (broad SMARTS) is 1. The van der Waals surface area contributed by atoms with Crippen molar-refractivity contribution in [3.63, 3.8) is 0 Å². The summed E-state index contributed by atoms with van der Waals surface area (Å²) in [6.45, 7) is 1.69. The molecule has 4 rings (SSSR count). The Balaban J connectivity index is 1.46. The van der Waals surface area contributed by atoms with Gasteiger partial charge >= 0.3 is 5.97 Å². The molecule has 2 fully saturated rings. The smallest absolute Gasteiger partial charge is 0.335 e. The van der Waals surface area contributed by atoms with Crippen LogP contribution < -0.4 is 20.1 Å². The summed E-state index contributed by atoms with van der Waals surface area (Å²) in [6, 6.07) is 13.9. The predicted octanol–water partition coefficient (Wildman–Crippen LogP) is 1.70. The van der Waals surface area contributed by atoms with E-state index in [9.17, 15) is 20.0 Å². The third kappa shape index (κ3) is 4.92. The molecule has 2 aromatic rings. The second-order valence-corrected chi connectivity index (χ2v) is 8.10. The lowest BCUT2D eigenvalue weighted by Crippen LogP contribution is -2.64. The summed E-state index contributed by atoms with van der Waals surface area (Å²) in [5, 5.41) is 25.0. The van der Waals surface area contributed by atoms with E-state index >= 15 is 0 Å². The third-order valence-electron chi connectivity index (χ3n) is 6.11. The lowest BCUT2D eigenvalue weighted by molar-refractivity contribution is -0.142. The van der Waals surface area contributed by atoms with Crippen molar-refractivity contribution in [2.24, 2.45) is 5.92 Å². The number of carbonyl (C=O) groups excluding carboxylic acids is 1. The van der Waals surface area contributed by atoms with Gasteiger partial charge in [0.05, 0.1) is 43.9 Å². The maximum Gasteiger partial charge on any atom is 0.335 e. The number of aromatic carboxylic acids is 1. The van der Waals surface area contributed by atoms with Crippen molar-refractivity contribution in [3.8, 4) is 28.7 Å². The summed E-state index contributed by atoms with van der Waals surface area (Å²) in [5.41, 5.74) is 1.58. The van der Waals surface area contributed by atoms with E-state index < -0.39 is 5.97 Å². The highest BCUT2D eigenvalue weighted by Gasteiger charge is 2.40. The first-order chi connectivity index (χ1) is 16.0. The second kappa shape index (κ2) is 9.90. The Hall–Kier alpha value is -3.61. The fraction of sp³-hybridized carbons (Fsp3) is 0.375. The maximum absolute atomic E-state index is 13.0. The number of piperidine rings is 1. The highest BCUT2D eigenvalue weighted by atomic mass is 16.5. The molecule has 0 bridgehead atoms. The van der Waals surface area contributed by atoms with Crippen molar-refractivity contribution in [2.45, 2.75) is 18.5 Å². The number of rotatable bonds is 7. The van der Waals surface area contributed by atoms with Crippen molar-refractivity contribution < 1.29 is 24.2 Å². The molecule has 2 aliphatic heterocycles. The standard InChI is InChI=1S/C24H26N4O5/c1-32-18-5-6-22(19(11-18)15-3-2-4-16(9-15)24(30)31)33-8-7-28-14-27-21-13-26-17(12-25)10-20(21)23(28)29/h2-6,9,11,17,20-21,26-27H,7-8,10,13-14H2,1H3,(H,30,31). The number of ether oxygens (including phenoxy) is 2. The molecule has 0 spiro atoms. The molecule has 3 unspecified atom stereocenters. The van der Waals surface area contributed by atoms with Gasteiger partial charge in [0.1, 0.15) is 18.1 Å². The van der Waals surface area contributed by atoms with Gasteiger partial charge in [0, 0.05) is 18.2 Å². The van der Waals surface area contributed by atoms with Crippen LogP contribution in [-0.2, 0) is 4.79 Å². The minimum atomic E-state index is -1.01. The van der Waals surface area contributed by atoms with Crippen LogP contribution in [-0.4, -0.2) is 67.4 Å². The minimum Gasteiger partial charge on any atom is -0.497 e. The van der Waals surface area contributed by atoms with Crippen molar-refractivity contribution in [2.75, 3.05) is 33.5 Å². The summed E-state index contributed by atoms with van der Waals surface area (Å²) in [4.78, 5) is 26.1. The molecule has 9 nitrogen and oxygen atoms in total. The number of hydrogen-bond donors (Lipinski definition) is 3. The van der Waals surface area contributed by atoms with Gasteiger partial charge < -0.3 is 24.8 Å². The zero-order chi connectivity index (χ0) is 23.4. The number of carboxylic acids is 1. The van der Waals surface area contributed by atoms with Crippen LogP contribution in [0.3, 0.4) is 0 Å². The quantitative estimate of drug-likeness (QED) is 0.582. The monoisotopic (exact) mass is 450 g/mol. The molecule has 2 heterocycles. The van der Waals surface area contributed by atoms with Crippen molar-refractivity contribution in [3.05, 3.63) is 48.0 Å². The number of nitriles is 1. The van der Waals surface area contributed by atoms with Crippen LogP contribution in [0.1, 0.15) is 16.8 Å². The number of hydrogen-bond acceptors (Lipinski definition) is 7. The fourth-order valence-corrected chi connectivity index (χ4v) is 4.30. The molecule has 172 valence electrons. The van der Waals surface area contributed by atoms with Crippen molar-refractivity contribution in [1.29, 1.82) is 5.26 Å². The Bertz CT molecular complexity index is 1080. The largest absolute Gasteiger partial charge is 0.497 e. The Morgan fingerprint density at radius 3 is 2.88 bits per heavy atom. The van der Waals surface area contributed by atoms with Gasteiger partial charge in [-0.2, -0.15) is 5.26 Å². The first-order valence-electron chi connectivity index (χ1n) is 10.8. The average Bonchev–Trinajstić information content (AvgIpc) is 2.85. The molecular formula is C24H26N4O5. The number of carbonyl (C=O) groups is 2. The minimum absolute atomic E-state index is 0.0354. The van der Waals surface area contributed by atoms with Gasteiger partial charge in [-0.3, -0.25) is 10.1 Å². The van der Waals surface area contributed by atoms with Gasteiger partial charge in [-0.15, -0.1) is 0 Å². The van der Waals surface area contributed by atoms with Crippen LogP contribution in [0, 0.1) is 17.2 Å². The molecule has 0 radical (unpaired) electrons. The second-order valence-electron chi connectivity index (χ2n) is 8.10. The summed E-state index contributed by atoms with van der Waals surface area (Å²) in [6.07, 6.45) is 0.493. The van der Waals surface area contributed by atoms with Crippen LogP contribution in [0.25, 0.3) is 11.1 Å². The number of fused-ring (bicyclic) bond motifs is 1. The Kier molecular flexibility index (Phi) is 6.77. The fourth-order valence-electron chi connectivity index (χ4n) is 4.30. The van der Waals surface area contributed by atoms with E-state index in [0.29, 0.717) is 48.8 Å². The van der Waals surface area contributed by atoms with Crippen LogP contribution in [0.4, 0.5) is 0 Å². The summed E-state index contributed by atoms with van der Waals surface area (Å²) < 4.78 is 11.4. The topological polar surface area (TPSA) is 124 Å². The third-order valence-corrected chi connectivity index (χ3v) is 6.11. The van der Waals surface area contributed by atoms with E-state index in [1.165, 1.54) is 6.07 Å². The van der Waals surface area contributed by atoms with Gasteiger partial charge in [0.2, 0.25) is 5.91 Å². The average molecular weight is 450 g/mol. The van der Waals surface area contributed by atoms with Crippen LogP contribution in [0.2, 0.25) is 0 Å². The molecule has 3 atom stereocenters.